The van der Waals surface area contributed by atoms with E-state index in [1.54, 1.807) is 0 Å². The molecule has 0 saturated carbocycles. The summed E-state index contributed by atoms with van der Waals surface area (Å²) in [7, 11) is 0. The Morgan fingerprint density at radius 1 is 1.25 bits per heavy atom. The molecule has 0 atom stereocenters. The molecule has 0 heterocycles. The molecule has 0 rings (SSSR count). The topological polar surface area (TPSA) is 17.1 Å². The molecule has 0 aromatic rings. The zero-order valence-electron chi connectivity index (χ0n) is 1.82. The first kappa shape index (κ1) is 16.5. The summed E-state index contributed by atoms with van der Waals surface area (Å²) in [6.45, 7) is 0. The molecule has 0 bridgehead atoms. The predicted molar refractivity (Wildman–Crippen MR) is 19.2 cm³/mol. The Kier molecular flexibility index (Phi) is 79.3. The first-order chi connectivity index (χ1) is 1.00. The van der Waals surface area contributed by atoms with Gasteiger partial charge in [0.25, 0.3) is 0 Å². The fraction of sp³-hybridized carbons (Fsp3) is 0. The zero-order chi connectivity index (χ0) is 2.00. The summed E-state index contributed by atoms with van der Waals surface area (Å²) in [5.74, 6) is 0. The van der Waals surface area contributed by atoms with E-state index in [4.69, 9.17) is 3.78 Å². The van der Waals surface area contributed by atoms with Gasteiger partial charge in [0, 0.05) is 27.3 Å². The standard InChI is InChI=1S/Cd.GeH2O.In.3H/c;1-2;;;;/h;1H2;;;;. The molecular formula is H5CdGeInO. The second kappa shape index (κ2) is 19.3. The molecule has 4 heavy (non-hydrogen) atoms. The third-order valence-corrected chi connectivity index (χ3v) is 0. The van der Waals surface area contributed by atoms with Gasteiger partial charge in [0.1, 0.15) is 0 Å². The second-order valence-corrected chi connectivity index (χ2v) is 0. The Labute approximate surface area is 72.3 Å². The molecule has 20 valence electrons. The Morgan fingerprint density at radius 3 is 1.25 bits per heavy atom. The van der Waals surface area contributed by atoms with Crippen LogP contribution >= 0.6 is 0 Å². The number of hydrogen-bond donors (Lipinski definition) is 0. The van der Waals surface area contributed by atoms with Crippen LogP contribution in [0.5, 0.6) is 0 Å². The minimum atomic E-state index is 0. The van der Waals surface area contributed by atoms with Crippen LogP contribution in [0.15, 0.2) is 0 Å². The van der Waals surface area contributed by atoms with Gasteiger partial charge in [0.05, 0.1) is 0 Å². The van der Waals surface area contributed by atoms with E-state index in [2.05, 4.69) is 0 Å². The number of hydrogen-bond acceptors (Lipinski definition) is 1. The van der Waals surface area contributed by atoms with Crippen molar-refractivity contribution >= 4 is 42.3 Å². The van der Waals surface area contributed by atoms with Gasteiger partial charge in [-0.3, -0.25) is 0 Å². The molecule has 0 spiro atoms. The van der Waals surface area contributed by atoms with Gasteiger partial charge in [0.15, 0.2) is 0 Å². The van der Waals surface area contributed by atoms with Crippen LogP contribution in [-0.2, 0) is 31.1 Å². The van der Waals surface area contributed by atoms with Crippen LogP contribution in [0.4, 0.5) is 0 Å². The Bertz CT molecular complexity index is 8.00. The van der Waals surface area contributed by atoms with E-state index >= 15 is 0 Å². The molecule has 4 heteroatoms. The molecule has 0 aromatic carbocycles. The normalized spacial score (nSPS) is 1.00. The third-order valence-electron chi connectivity index (χ3n) is 0. The van der Waals surface area contributed by atoms with E-state index < -0.39 is 0 Å². The van der Waals surface area contributed by atoms with Crippen molar-refractivity contribution < 1.29 is 31.1 Å². The summed E-state index contributed by atoms with van der Waals surface area (Å²) < 4.78 is 8.38. The van der Waals surface area contributed by atoms with E-state index in [9.17, 15) is 0 Å². The minimum absolute atomic E-state index is 0. The summed E-state index contributed by atoms with van der Waals surface area (Å²) in [5, 5.41) is 0. The summed E-state index contributed by atoms with van der Waals surface area (Å²) in [6.07, 6.45) is 0. The Balaban J connectivity index is -0.00000000500. The van der Waals surface area contributed by atoms with Crippen LogP contribution in [0, 0.1) is 0 Å². The van der Waals surface area contributed by atoms with E-state index in [-0.39, 0.29) is 69.6 Å². The molecule has 0 aliphatic heterocycles. The van der Waals surface area contributed by atoms with Crippen LogP contribution in [0.1, 0.15) is 0 Å². The molecule has 0 aliphatic rings. The van der Waals surface area contributed by atoms with Crippen LogP contribution in [0.2, 0.25) is 0 Å². The van der Waals surface area contributed by atoms with Crippen molar-refractivity contribution in [2.45, 2.75) is 0 Å². The zero-order valence-corrected chi connectivity index (χ0v) is 8.83. The summed E-state index contributed by atoms with van der Waals surface area (Å²) in [4.78, 5) is 0. The first-order valence-corrected chi connectivity index (χ1v) is 1.50. The van der Waals surface area contributed by atoms with Crippen molar-refractivity contribution in [3.63, 3.8) is 0 Å². The van der Waals surface area contributed by atoms with Crippen LogP contribution < -0.4 is 0 Å². The maximum absolute atomic E-state index is 8.38. The van der Waals surface area contributed by atoms with Gasteiger partial charge in [-0.25, -0.2) is 0 Å². The SMILES string of the molecule is [Cd].[InH3].[O]=[GeH2]. The van der Waals surface area contributed by atoms with Crippen LogP contribution in [-0.4, -0.2) is 42.3 Å². The van der Waals surface area contributed by atoms with Crippen LogP contribution in [0.3, 0.4) is 0 Å². The van der Waals surface area contributed by atoms with Crippen molar-refractivity contribution in [3.8, 4) is 0 Å². The molecule has 0 aliphatic carbocycles. The molecule has 0 fully saturated rings. The van der Waals surface area contributed by atoms with Crippen LogP contribution in [0.25, 0.3) is 0 Å². The van der Waals surface area contributed by atoms with E-state index in [1.807, 2.05) is 0 Å². The number of rotatable bonds is 0. The van der Waals surface area contributed by atoms with Gasteiger partial charge in [0.2, 0.25) is 0 Å². The molecule has 0 N–H and O–H groups in total. The molecular weight excluding hydrogens is 316 g/mol. The first-order valence-electron chi connectivity index (χ1n) is 0.289. The van der Waals surface area contributed by atoms with E-state index in [0.29, 0.717) is 0 Å². The van der Waals surface area contributed by atoms with Crippen molar-refractivity contribution in [3.05, 3.63) is 0 Å². The van der Waals surface area contributed by atoms with Gasteiger partial charge < -0.3 is 0 Å². The maximum atomic E-state index is 8.38. The van der Waals surface area contributed by atoms with Crippen molar-refractivity contribution in [1.82, 2.24) is 0 Å². The Morgan fingerprint density at radius 2 is 1.25 bits per heavy atom. The fourth-order valence-electron chi connectivity index (χ4n) is 0. The second-order valence-electron chi connectivity index (χ2n) is 0. The van der Waals surface area contributed by atoms with Gasteiger partial charge in [-0.2, -0.15) is 0 Å². The fourth-order valence-corrected chi connectivity index (χ4v) is 0. The van der Waals surface area contributed by atoms with Crippen molar-refractivity contribution in [1.29, 1.82) is 0 Å². The van der Waals surface area contributed by atoms with Gasteiger partial charge in [-0.15, -0.1) is 0 Å². The molecule has 0 amide bonds. The average Bonchev–Trinajstić information content (AvgIpc) is 1.00. The average molecular weight is 321 g/mol. The quantitative estimate of drug-likeness (QED) is 0.462. The van der Waals surface area contributed by atoms with Gasteiger partial charge in [-0.05, 0) is 0 Å². The monoisotopic (exact) mass is 324 g/mol. The third kappa shape index (κ3) is 8.92. The summed E-state index contributed by atoms with van der Waals surface area (Å²) in [6, 6.07) is 0. The Hall–Kier alpha value is 2.14. The molecule has 0 saturated heterocycles. The summed E-state index contributed by atoms with van der Waals surface area (Å²) in [5.41, 5.74) is 0. The molecule has 0 aromatic heterocycles. The van der Waals surface area contributed by atoms with E-state index in [0.717, 1.165) is 0 Å². The predicted octanol–water partition coefficient (Wildman–Crippen LogP) is -2.22. The van der Waals surface area contributed by atoms with Crippen molar-refractivity contribution in [2.75, 3.05) is 0 Å². The molecule has 1 nitrogen and oxygen atoms in total. The molecule has 0 radical (unpaired) electrons. The summed E-state index contributed by atoms with van der Waals surface area (Å²) >= 11 is 0.125. The van der Waals surface area contributed by atoms with Gasteiger partial charge in [-0.1, -0.05) is 0 Å². The van der Waals surface area contributed by atoms with Gasteiger partial charge >= 0.3 is 46.1 Å². The van der Waals surface area contributed by atoms with E-state index in [1.165, 1.54) is 0 Å². The van der Waals surface area contributed by atoms with Crippen molar-refractivity contribution in [2.24, 2.45) is 0 Å². The molecule has 0 unspecified atom stereocenters.